The van der Waals surface area contributed by atoms with Crippen LogP contribution in [0.1, 0.15) is 42.6 Å². The van der Waals surface area contributed by atoms with Crippen molar-refractivity contribution in [1.82, 2.24) is 10.2 Å². The van der Waals surface area contributed by atoms with Gasteiger partial charge in [-0.3, -0.25) is 9.69 Å². The molecule has 1 saturated heterocycles. The fourth-order valence-electron chi connectivity index (χ4n) is 3.85. The number of hydrogen-bond acceptors (Lipinski definition) is 3. The summed E-state index contributed by atoms with van der Waals surface area (Å²) in [5.74, 6) is 0.482. The van der Waals surface area contributed by atoms with Gasteiger partial charge in [0.15, 0.2) is 0 Å². The summed E-state index contributed by atoms with van der Waals surface area (Å²) < 4.78 is 0. The number of carbonyl (C=O) groups excluding carboxylic acids is 1. The van der Waals surface area contributed by atoms with Crippen LogP contribution in [0.5, 0.6) is 0 Å². The van der Waals surface area contributed by atoms with E-state index in [1.807, 2.05) is 48.5 Å². The number of aliphatic hydroxyl groups excluding tert-OH is 1. The van der Waals surface area contributed by atoms with Crippen LogP contribution in [-0.2, 0) is 6.61 Å². The van der Waals surface area contributed by atoms with Gasteiger partial charge in [-0.2, -0.15) is 0 Å². The molecule has 144 valence electrons. The molecule has 0 aromatic heterocycles. The zero-order chi connectivity index (χ0) is 19.2. The molecule has 4 nitrogen and oxygen atoms in total. The lowest BCUT2D eigenvalue weighted by Gasteiger charge is -2.31. The maximum atomic E-state index is 12.7. The van der Waals surface area contributed by atoms with E-state index in [1.54, 1.807) is 0 Å². The first kappa shape index (κ1) is 19.6. The van der Waals surface area contributed by atoms with E-state index in [9.17, 15) is 9.90 Å². The highest BCUT2D eigenvalue weighted by Crippen LogP contribution is 2.22. The maximum Gasteiger partial charge on any atom is 0.251 e. The summed E-state index contributed by atoms with van der Waals surface area (Å²) in [6, 6.07) is 15.9. The van der Waals surface area contributed by atoms with Crippen LogP contribution in [0.3, 0.4) is 0 Å². The van der Waals surface area contributed by atoms with Crippen LogP contribution in [0, 0.1) is 5.92 Å². The molecule has 2 aromatic rings. The highest BCUT2D eigenvalue weighted by atomic mass is 16.3. The lowest BCUT2D eigenvalue weighted by molar-refractivity contribution is 0.0927. The van der Waals surface area contributed by atoms with Gasteiger partial charge in [-0.15, -0.1) is 0 Å². The molecule has 1 aliphatic rings. The quantitative estimate of drug-likeness (QED) is 0.786. The molecule has 1 atom stereocenters. The Labute approximate surface area is 162 Å². The predicted octanol–water partition coefficient (Wildman–Crippen LogP) is 3.70. The molecule has 1 heterocycles. The molecule has 4 heteroatoms. The maximum absolute atomic E-state index is 12.7. The van der Waals surface area contributed by atoms with Crippen LogP contribution in [0.25, 0.3) is 11.1 Å². The van der Waals surface area contributed by atoms with Gasteiger partial charge in [0.1, 0.15) is 0 Å². The second kappa shape index (κ2) is 9.16. The zero-order valence-electron chi connectivity index (χ0n) is 16.3. The van der Waals surface area contributed by atoms with E-state index in [0.29, 0.717) is 24.1 Å². The van der Waals surface area contributed by atoms with E-state index in [-0.39, 0.29) is 12.5 Å². The minimum atomic E-state index is -0.0278. The first-order valence-electron chi connectivity index (χ1n) is 9.91. The van der Waals surface area contributed by atoms with Gasteiger partial charge in [0.05, 0.1) is 6.61 Å². The first-order chi connectivity index (χ1) is 13.1. The number of amides is 1. The molecular weight excluding hydrogens is 336 g/mol. The van der Waals surface area contributed by atoms with E-state index >= 15 is 0 Å². The van der Waals surface area contributed by atoms with Crippen molar-refractivity contribution in [3.8, 4) is 11.1 Å². The van der Waals surface area contributed by atoms with E-state index in [2.05, 4.69) is 24.1 Å². The van der Waals surface area contributed by atoms with Gasteiger partial charge < -0.3 is 10.4 Å². The molecule has 0 unspecified atom stereocenters. The molecule has 2 N–H and O–H groups in total. The largest absolute Gasteiger partial charge is 0.392 e. The number of aliphatic hydroxyl groups is 1. The van der Waals surface area contributed by atoms with Crippen LogP contribution in [0.4, 0.5) is 0 Å². The molecule has 3 rings (SSSR count). The minimum absolute atomic E-state index is 0.0150. The van der Waals surface area contributed by atoms with Crippen LogP contribution < -0.4 is 5.32 Å². The van der Waals surface area contributed by atoms with Crippen LogP contribution >= 0.6 is 0 Å². The third-order valence-electron chi connectivity index (χ3n) is 5.42. The monoisotopic (exact) mass is 366 g/mol. The molecule has 1 aliphatic heterocycles. The highest BCUT2D eigenvalue weighted by molar-refractivity contribution is 5.95. The predicted molar refractivity (Wildman–Crippen MR) is 110 cm³/mol. The third kappa shape index (κ3) is 4.96. The molecule has 0 saturated carbocycles. The van der Waals surface area contributed by atoms with Crippen molar-refractivity contribution in [2.45, 2.75) is 39.3 Å². The Bertz CT molecular complexity index is 766. The average Bonchev–Trinajstić information content (AvgIpc) is 3.22. The fourth-order valence-corrected chi connectivity index (χ4v) is 3.85. The fraction of sp³-hybridized carbons (Fsp3) is 0.435. The SMILES string of the molecule is CC(C)[C@@H](CNC(=O)c1cccc(-c2cccc(CO)c2)c1)N1CCCC1. The van der Waals surface area contributed by atoms with Gasteiger partial charge in [0, 0.05) is 18.2 Å². The second-order valence-corrected chi connectivity index (χ2v) is 7.70. The number of nitrogens with zero attached hydrogens (tertiary/aromatic N) is 1. The van der Waals surface area contributed by atoms with Crippen molar-refractivity contribution in [3.05, 3.63) is 59.7 Å². The zero-order valence-corrected chi connectivity index (χ0v) is 16.3. The average molecular weight is 367 g/mol. The van der Waals surface area contributed by atoms with Gasteiger partial charge in [-0.05, 0) is 66.7 Å². The van der Waals surface area contributed by atoms with Crippen LogP contribution in [0.2, 0.25) is 0 Å². The highest BCUT2D eigenvalue weighted by Gasteiger charge is 2.25. The van der Waals surface area contributed by atoms with E-state index in [1.165, 1.54) is 12.8 Å². The normalized spacial score (nSPS) is 15.9. The smallest absolute Gasteiger partial charge is 0.251 e. The number of rotatable bonds is 7. The Balaban J connectivity index is 1.69. The van der Waals surface area contributed by atoms with Crippen molar-refractivity contribution in [1.29, 1.82) is 0 Å². The molecule has 0 radical (unpaired) electrons. The van der Waals surface area contributed by atoms with Crippen molar-refractivity contribution < 1.29 is 9.90 Å². The van der Waals surface area contributed by atoms with Crippen LogP contribution in [0.15, 0.2) is 48.5 Å². The Hall–Kier alpha value is -2.17. The molecule has 27 heavy (non-hydrogen) atoms. The summed E-state index contributed by atoms with van der Waals surface area (Å²) in [6.07, 6.45) is 2.51. The lowest BCUT2D eigenvalue weighted by Crippen LogP contribution is -2.45. The van der Waals surface area contributed by atoms with Crippen LogP contribution in [-0.4, -0.2) is 41.6 Å². The van der Waals surface area contributed by atoms with Gasteiger partial charge in [0.2, 0.25) is 0 Å². The number of likely N-dealkylation sites (tertiary alicyclic amines) is 1. The van der Waals surface area contributed by atoms with Crippen molar-refractivity contribution in [2.75, 3.05) is 19.6 Å². The first-order valence-corrected chi connectivity index (χ1v) is 9.91. The van der Waals surface area contributed by atoms with Gasteiger partial charge in [-0.25, -0.2) is 0 Å². The molecule has 0 bridgehead atoms. The summed E-state index contributed by atoms with van der Waals surface area (Å²) in [4.78, 5) is 15.2. The van der Waals surface area contributed by atoms with E-state index in [0.717, 1.165) is 29.8 Å². The Morgan fingerprint density at radius 1 is 1.07 bits per heavy atom. The number of benzene rings is 2. The molecule has 1 fully saturated rings. The van der Waals surface area contributed by atoms with Crippen molar-refractivity contribution in [3.63, 3.8) is 0 Å². The molecule has 2 aromatic carbocycles. The molecular formula is C23H30N2O2. The number of carbonyl (C=O) groups is 1. The van der Waals surface area contributed by atoms with Crippen molar-refractivity contribution >= 4 is 5.91 Å². The minimum Gasteiger partial charge on any atom is -0.392 e. The van der Waals surface area contributed by atoms with Gasteiger partial charge in [-0.1, -0.05) is 44.2 Å². The molecule has 0 spiro atoms. The topological polar surface area (TPSA) is 52.6 Å². The Morgan fingerprint density at radius 2 is 1.74 bits per heavy atom. The summed E-state index contributed by atoms with van der Waals surface area (Å²) >= 11 is 0. The summed E-state index contributed by atoms with van der Waals surface area (Å²) in [7, 11) is 0. The number of hydrogen-bond donors (Lipinski definition) is 2. The lowest BCUT2D eigenvalue weighted by atomic mass is 10.0. The van der Waals surface area contributed by atoms with E-state index in [4.69, 9.17) is 0 Å². The van der Waals surface area contributed by atoms with Gasteiger partial charge in [0.25, 0.3) is 5.91 Å². The summed E-state index contributed by atoms with van der Waals surface area (Å²) in [5.41, 5.74) is 3.53. The Morgan fingerprint density at radius 3 is 2.41 bits per heavy atom. The molecule has 0 aliphatic carbocycles. The Kier molecular flexibility index (Phi) is 6.64. The third-order valence-corrected chi connectivity index (χ3v) is 5.42. The standard InChI is InChI=1S/C23H30N2O2/c1-17(2)22(25-11-3-4-12-25)15-24-23(27)21-10-6-9-20(14-21)19-8-5-7-18(13-19)16-26/h5-10,13-14,17,22,26H,3-4,11-12,15-16H2,1-2H3,(H,24,27)/t22-/m1/s1. The number of nitrogens with one attached hydrogen (secondary N) is 1. The van der Waals surface area contributed by atoms with Gasteiger partial charge >= 0.3 is 0 Å². The van der Waals surface area contributed by atoms with Crippen molar-refractivity contribution in [2.24, 2.45) is 5.92 Å². The van der Waals surface area contributed by atoms with E-state index < -0.39 is 0 Å². The molecule has 1 amide bonds. The second-order valence-electron chi connectivity index (χ2n) is 7.70. The summed E-state index contributed by atoms with van der Waals surface area (Å²) in [6.45, 7) is 7.42. The summed E-state index contributed by atoms with van der Waals surface area (Å²) in [5, 5.41) is 12.5.